The van der Waals surface area contributed by atoms with Crippen LogP contribution < -0.4 is 4.74 Å². The molecule has 1 aromatic carbocycles. The van der Waals surface area contributed by atoms with Crippen molar-refractivity contribution < 1.29 is 22.7 Å². The highest BCUT2D eigenvalue weighted by atomic mass is 32.2. The minimum Gasteiger partial charge on any atom is -0.496 e. The first-order valence-corrected chi connectivity index (χ1v) is 11.1. The summed E-state index contributed by atoms with van der Waals surface area (Å²) in [4.78, 5) is 14.5. The van der Waals surface area contributed by atoms with Crippen LogP contribution in [-0.4, -0.2) is 62.1 Å². The molecule has 1 aliphatic carbocycles. The van der Waals surface area contributed by atoms with Gasteiger partial charge in [-0.05, 0) is 48.9 Å². The van der Waals surface area contributed by atoms with Crippen molar-refractivity contribution in [3.05, 3.63) is 23.3 Å². The number of ether oxygens (including phenoxy) is 2. The van der Waals surface area contributed by atoms with Crippen LogP contribution in [0.4, 0.5) is 0 Å². The lowest BCUT2D eigenvalue weighted by atomic mass is 9.91. The third kappa shape index (κ3) is 2.26. The van der Waals surface area contributed by atoms with E-state index < -0.39 is 21.8 Å². The summed E-state index contributed by atoms with van der Waals surface area (Å²) >= 11 is 0. The fraction of sp³-hybridized carbons (Fsp3) is 0.632. The molecular weight excluding hydrogens is 368 g/mol. The molecule has 0 saturated carbocycles. The number of carbonyl (C=O) groups is 1. The normalized spacial score (nSPS) is 30.3. The fourth-order valence-corrected chi connectivity index (χ4v) is 7.34. The zero-order valence-corrected chi connectivity index (χ0v) is 16.3. The molecule has 3 aliphatic heterocycles. The molecule has 3 heterocycles. The molecule has 3 saturated heterocycles. The maximum atomic E-state index is 13.6. The molecule has 27 heavy (non-hydrogen) atoms. The van der Waals surface area contributed by atoms with Gasteiger partial charge in [-0.2, -0.15) is 4.31 Å². The fourth-order valence-electron chi connectivity index (χ4n) is 5.40. The highest BCUT2D eigenvalue weighted by Crippen LogP contribution is 2.48. The number of fused-ring (bicyclic) bond motifs is 1. The topological polar surface area (TPSA) is 76.2 Å². The molecule has 0 aromatic heterocycles. The Hall–Kier alpha value is -1.64. The van der Waals surface area contributed by atoms with E-state index in [0.29, 0.717) is 31.0 Å². The zero-order valence-electron chi connectivity index (χ0n) is 15.4. The smallest absolute Gasteiger partial charge is 0.243 e. The van der Waals surface area contributed by atoms with Gasteiger partial charge >= 0.3 is 0 Å². The minimum absolute atomic E-state index is 0.00541. The Kier molecular flexibility index (Phi) is 3.83. The van der Waals surface area contributed by atoms with E-state index in [1.807, 2.05) is 0 Å². The van der Waals surface area contributed by atoms with Gasteiger partial charge in [0.05, 0.1) is 24.7 Å². The third-order valence-electron chi connectivity index (χ3n) is 6.61. The van der Waals surface area contributed by atoms with Gasteiger partial charge in [-0.15, -0.1) is 0 Å². The monoisotopic (exact) mass is 392 g/mol. The first kappa shape index (κ1) is 17.5. The molecule has 8 heteroatoms. The minimum atomic E-state index is -3.71. The number of amides is 1. The van der Waals surface area contributed by atoms with Crippen LogP contribution in [0.5, 0.6) is 5.75 Å². The predicted molar refractivity (Wildman–Crippen MR) is 96.9 cm³/mol. The number of benzene rings is 1. The number of carbonyl (C=O) groups excluding carboxylic acids is 1. The summed E-state index contributed by atoms with van der Waals surface area (Å²) in [7, 11) is -2.08. The van der Waals surface area contributed by atoms with E-state index in [1.165, 1.54) is 4.31 Å². The third-order valence-corrected chi connectivity index (χ3v) is 8.60. The van der Waals surface area contributed by atoms with Crippen LogP contribution in [0, 0.1) is 0 Å². The Bertz CT molecular complexity index is 915. The number of nitrogens with zero attached hydrogens (tertiary/aromatic N) is 2. The molecule has 2 atom stereocenters. The van der Waals surface area contributed by atoms with E-state index in [1.54, 1.807) is 24.1 Å². The van der Waals surface area contributed by atoms with Crippen LogP contribution in [0.25, 0.3) is 0 Å². The lowest BCUT2D eigenvalue weighted by Gasteiger charge is -2.32. The van der Waals surface area contributed by atoms with Crippen molar-refractivity contribution in [2.45, 2.75) is 55.2 Å². The second kappa shape index (κ2) is 5.93. The van der Waals surface area contributed by atoms with Crippen LogP contribution in [0.2, 0.25) is 0 Å². The molecule has 0 N–H and O–H groups in total. The first-order valence-electron chi connectivity index (χ1n) is 9.64. The van der Waals surface area contributed by atoms with Gasteiger partial charge in [0.25, 0.3) is 0 Å². The molecule has 1 aromatic rings. The summed E-state index contributed by atoms with van der Waals surface area (Å²) in [6.07, 6.45) is 4.35. The van der Waals surface area contributed by atoms with Crippen molar-refractivity contribution in [3.63, 3.8) is 0 Å². The predicted octanol–water partition coefficient (Wildman–Crippen LogP) is 1.30. The van der Waals surface area contributed by atoms with Gasteiger partial charge in [-0.1, -0.05) is 0 Å². The number of hydrogen-bond acceptors (Lipinski definition) is 5. The number of methoxy groups -OCH3 is 1. The first-order chi connectivity index (χ1) is 13.0. The summed E-state index contributed by atoms with van der Waals surface area (Å²) in [6, 6.07) is 3.01. The molecule has 0 bridgehead atoms. The van der Waals surface area contributed by atoms with E-state index in [9.17, 15) is 13.2 Å². The van der Waals surface area contributed by atoms with Crippen molar-refractivity contribution in [2.75, 3.05) is 26.8 Å². The lowest BCUT2D eigenvalue weighted by Crippen LogP contribution is -2.48. The Morgan fingerprint density at radius 2 is 1.96 bits per heavy atom. The molecule has 0 radical (unpaired) electrons. The average molecular weight is 392 g/mol. The van der Waals surface area contributed by atoms with Gasteiger partial charge in [0.1, 0.15) is 5.75 Å². The standard InChI is InChI=1S/C19H24N2O5S/c1-25-15-6-7-16(14-5-3-2-4-13(14)15)27(23,24)21-9-8-19-17(21)12-18(22)20(19)10-11-26-19/h6-7,17H,2-5,8-12H2,1H3/t17-,19+/m1/s1. The molecule has 7 nitrogen and oxygen atoms in total. The van der Waals surface area contributed by atoms with E-state index in [0.717, 1.165) is 42.6 Å². The van der Waals surface area contributed by atoms with Crippen molar-refractivity contribution >= 4 is 15.9 Å². The summed E-state index contributed by atoms with van der Waals surface area (Å²) in [5.41, 5.74) is 1.14. The molecule has 1 amide bonds. The summed E-state index contributed by atoms with van der Waals surface area (Å²) in [5.74, 6) is 0.761. The van der Waals surface area contributed by atoms with Crippen LogP contribution in [0.3, 0.4) is 0 Å². The molecule has 5 rings (SSSR count). The maximum Gasteiger partial charge on any atom is 0.243 e. The maximum absolute atomic E-state index is 13.6. The summed E-state index contributed by atoms with van der Waals surface area (Å²) < 4.78 is 40.2. The van der Waals surface area contributed by atoms with Gasteiger partial charge in [-0.25, -0.2) is 8.42 Å². The number of sulfonamides is 1. The molecule has 4 aliphatic rings. The largest absolute Gasteiger partial charge is 0.496 e. The van der Waals surface area contributed by atoms with E-state index in [2.05, 4.69) is 0 Å². The quantitative estimate of drug-likeness (QED) is 0.775. The molecule has 0 unspecified atom stereocenters. The summed E-state index contributed by atoms with van der Waals surface area (Å²) in [5, 5.41) is 0. The van der Waals surface area contributed by atoms with Gasteiger partial charge in [0.15, 0.2) is 5.72 Å². The van der Waals surface area contributed by atoms with Gasteiger partial charge < -0.3 is 14.4 Å². The Morgan fingerprint density at radius 1 is 1.19 bits per heavy atom. The average Bonchev–Trinajstić information content (AvgIpc) is 3.31. The molecule has 1 spiro atoms. The highest BCUT2D eigenvalue weighted by molar-refractivity contribution is 7.89. The van der Waals surface area contributed by atoms with Crippen molar-refractivity contribution in [1.29, 1.82) is 0 Å². The van der Waals surface area contributed by atoms with Gasteiger partial charge in [-0.3, -0.25) is 4.79 Å². The van der Waals surface area contributed by atoms with Gasteiger partial charge in [0.2, 0.25) is 15.9 Å². The molecule has 146 valence electrons. The van der Waals surface area contributed by atoms with Crippen molar-refractivity contribution in [2.24, 2.45) is 0 Å². The van der Waals surface area contributed by atoms with Gasteiger partial charge in [0, 0.05) is 25.9 Å². The highest BCUT2D eigenvalue weighted by Gasteiger charge is 2.64. The van der Waals surface area contributed by atoms with Crippen LogP contribution in [0.1, 0.15) is 36.8 Å². The second-order valence-corrected chi connectivity index (χ2v) is 9.61. The van der Waals surface area contributed by atoms with Crippen LogP contribution in [0.15, 0.2) is 17.0 Å². The number of rotatable bonds is 3. The molecule has 3 fully saturated rings. The second-order valence-electron chi connectivity index (χ2n) is 7.75. The zero-order chi connectivity index (χ0) is 18.8. The van der Waals surface area contributed by atoms with Crippen LogP contribution in [-0.2, 0) is 32.4 Å². The Balaban J connectivity index is 1.58. The van der Waals surface area contributed by atoms with E-state index in [-0.39, 0.29) is 12.3 Å². The molecular formula is C19H24N2O5S. The lowest BCUT2D eigenvalue weighted by molar-refractivity contribution is -0.136. The SMILES string of the molecule is COc1ccc(S(=O)(=O)N2CC[C@@]34OCCN3C(=O)C[C@@H]24)c2c1CCCC2. The van der Waals surface area contributed by atoms with Crippen molar-refractivity contribution in [3.8, 4) is 5.75 Å². The number of hydrogen-bond donors (Lipinski definition) is 0. The summed E-state index contributed by atoms with van der Waals surface area (Å²) in [6.45, 7) is 1.42. The van der Waals surface area contributed by atoms with E-state index in [4.69, 9.17) is 9.47 Å². The Morgan fingerprint density at radius 3 is 2.74 bits per heavy atom. The van der Waals surface area contributed by atoms with E-state index >= 15 is 0 Å². The Labute approximate surface area is 159 Å². The van der Waals surface area contributed by atoms with Crippen molar-refractivity contribution in [1.82, 2.24) is 9.21 Å². The van der Waals surface area contributed by atoms with Crippen LogP contribution >= 0.6 is 0 Å².